The number of piperidine rings is 1. The molecular formula is C20H19ClN6O4. The Morgan fingerprint density at radius 1 is 1.23 bits per heavy atom. The standard InChI is InChI=1S/C20H19ClN6O4/c1-26(10-9-23-20-22-8-7-14(21)24-20)12-4-2-3-11-16(12)19(31)27(18(11)30)13-5-6-15(28)25-17(13)29/h2-4,7-8,13H,5-6,9-10H2,1H3,(H,22,23,24)(H,25,28,29). The van der Waals surface area contributed by atoms with Gasteiger partial charge in [-0.3, -0.25) is 29.4 Å². The minimum atomic E-state index is -0.995. The molecular weight excluding hydrogens is 424 g/mol. The van der Waals surface area contributed by atoms with E-state index in [9.17, 15) is 19.2 Å². The van der Waals surface area contributed by atoms with Crippen molar-refractivity contribution in [2.24, 2.45) is 0 Å². The van der Waals surface area contributed by atoms with Gasteiger partial charge in [-0.2, -0.15) is 0 Å². The molecule has 160 valence electrons. The second-order valence-corrected chi connectivity index (χ2v) is 7.59. The van der Waals surface area contributed by atoms with Crippen LogP contribution in [0.25, 0.3) is 0 Å². The van der Waals surface area contributed by atoms with Crippen LogP contribution in [0.4, 0.5) is 11.6 Å². The molecule has 1 aromatic heterocycles. The number of hydrogen-bond donors (Lipinski definition) is 2. The van der Waals surface area contributed by atoms with Gasteiger partial charge >= 0.3 is 0 Å². The number of nitrogens with one attached hydrogen (secondary N) is 2. The zero-order chi connectivity index (χ0) is 22.1. The van der Waals surface area contributed by atoms with Gasteiger partial charge in [0.15, 0.2) is 0 Å². The number of benzene rings is 1. The minimum Gasteiger partial charge on any atom is -0.372 e. The molecule has 10 nitrogen and oxygen atoms in total. The van der Waals surface area contributed by atoms with E-state index in [4.69, 9.17) is 11.6 Å². The zero-order valence-corrected chi connectivity index (χ0v) is 17.3. The van der Waals surface area contributed by atoms with Crippen molar-refractivity contribution in [2.45, 2.75) is 18.9 Å². The first-order chi connectivity index (χ1) is 14.9. The molecule has 2 aliphatic heterocycles. The first-order valence-electron chi connectivity index (χ1n) is 9.65. The maximum absolute atomic E-state index is 13.2. The van der Waals surface area contributed by atoms with Crippen LogP contribution in [0.5, 0.6) is 0 Å². The van der Waals surface area contributed by atoms with E-state index >= 15 is 0 Å². The molecule has 0 bridgehead atoms. The maximum atomic E-state index is 13.2. The monoisotopic (exact) mass is 442 g/mol. The number of aromatic nitrogens is 2. The molecule has 2 N–H and O–H groups in total. The zero-order valence-electron chi connectivity index (χ0n) is 16.6. The van der Waals surface area contributed by atoms with Crippen LogP contribution in [-0.4, -0.2) is 64.7 Å². The fourth-order valence-electron chi connectivity index (χ4n) is 3.69. The van der Waals surface area contributed by atoms with Gasteiger partial charge in [0.05, 0.1) is 16.8 Å². The summed E-state index contributed by atoms with van der Waals surface area (Å²) in [6.45, 7) is 0.936. The van der Waals surface area contributed by atoms with Crippen LogP contribution in [-0.2, 0) is 9.59 Å². The van der Waals surface area contributed by atoms with Crippen LogP contribution in [0.15, 0.2) is 30.5 Å². The number of carbonyl (C=O) groups excluding carboxylic acids is 4. The Hall–Kier alpha value is -3.53. The third-order valence-corrected chi connectivity index (χ3v) is 5.42. The lowest BCUT2D eigenvalue weighted by atomic mass is 10.0. The lowest BCUT2D eigenvalue weighted by Gasteiger charge is -2.28. The summed E-state index contributed by atoms with van der Waals surface area (Å²) in [6, 6.07) is 5.58. The predicted molar refractivity (Wildman–Crippen MR) is 112 cm³/mol. The van der Waals surface area contributed by atoms with E-state index in [0.717, 1.165) is 4.90 Å². The van der Waals surface area contributed by atoms with Crippen molar-refractivity contribution < 1.29 is 19.2 Å². The SMILES string of the molecule is CN(CCNc1nccc(Cl)n1)c1cccc2c1C(=O)N(C1CCC(=O)NC1=O)C2=O. The van der Waals surface area contributed by atoms with Crippen molar-refractivity contribution in [3.05, 3.63) is 46.7 Å². The van der Waals surface area contributed by atoms with Crippen LogP contribution in [0.3, 0.4) is 0 Å². The van der Waals surface area contributed by atoms with E-state index in [0.29, 0.717) is 29.9 Å². The van der Waals surface area contributed by atoms with Crippen molar-refractivity contribution in [3.63, 3.8) is 0 Å². The molecule has 0 aliphatic carbocycles. The third kappa shape index (κ3) is 3.93. The Labute approximate surface area is 182 Å². The van der Waals surface area contributed by atoms with Crippen molar-refractivity contribution in [1.29, 1.82) is 0 Å². The van der Waals surface area contributed by atoms with E-state index in [1.807, 2.05) is 4.90 Å². The average molecular weight is 443 g/mol. The highest BCUT2D eigenvalue weighted by molar-refractivity contribution is 6.29. The van der Waals surface area contributed by atoms with Gasteiger partial charge < -0.3 is 10.2 Å². The van der Waals surface area contributed by atoms with E-state index < -0.39 is 29.7 Å². The topological polar surface area (TPSA) is 125 Å². The molecule has 0 spiro atoms. The Morgan fingerprint density at radius 2 is 2.03 bits per heavy atom. The molecule has 0 saturated carbocycles. The molecule has 3 heterocycles. The summed E-state index contributed by atoms with van der Waals surface area (Å²) in [6.07, 6.45) is 1.73. The largest absolute Gasteiger partial charge is 0.372 e. The number of halogens is 1. The summed E-state index contributed by atoms with van der Waals surface area (Å²) in [4.78, 5) is 60.7. The second-order valence-electron chi connectivity index (χ2n) is 7.20. The number of anilines is 2. The van der Waals surface area contributed by atoms with Gasteiger partial charge in [-0.1, -0.05) is 17.7 Å². The van der Waals surface area contributed by atoms with Crippen molar-refractivity contribution >= 4 is 46.9 Å². The molecule has 11 heteroatoms. The summed E-state index contributed by atoms with van der Waals surface area (Å²) < 4.78 is 0. The molecule has 1 unspecified atom stereocenters. The molecule has 2 aromatic rings. The summed E-state index contributed by atoms with van der Waals surface area (Å²) in [5, 5.41) is 5.57. The van der Waals surface area contributed by atoms with Gasteiger partial charge in [-0.15, -0.1) is 0 Å². The highest BCUT2D eigenvalue weighted by Gasteiger charge is 2.45. The van der Waals surface area contributed by atoms with Gasteiger partial charge in [-0.05, 0) is 24.6 Å². The van der Waals surface area contributed by atoms with Crippen molar-refractivity contribution in [2.75, 3.05) is 30.4 Å². The second kappa shape index (κ2) is 8.31. The molecule has 1 fully saturated rings. The van der Waals surface area contributed by atoms with Gasteiger partial charge in [0.1, 0.15) is 11.2 Å². The smallest absolute Gasteiger partial charge is 0.264 e. The summed E-state index contributed by atoms with van der Waals surface area (Å²) >= 11 is 5.85. The number of hydrogen-bond acceptors (Lipinski definition) is 8. The maximum Gasteiger partial charge on any atom is 0.264 e. The Bertz CT molecular complexity index is 1090. The molecule has 31 heavy (non-hydrogen) atoms. The fourth-order valence-corrected chi connectivity index (χ4v) is 3.83. The Balaban J connectivity index is 1.51. The number of carbonyl (C=O) groups is 4. The van der Waals surface area contributed by atoms with E-state index in [-0.39, 0.29) is 24.0 Å². The lowest BCUT2D eigenvalue weighted by molar-refractivity contribution is -0.136. The molecule has 2 aliphatic rings. The summed E-state index contributed by atoms with van der Waals surface area (Å²) in [5.41, 5.74) is 1.06. The molecule has 0 radical (unpaired) electrons. The normalized spacial score (nSPS) is 18.1. The van der Waals surface area contributed by atoms with Gasteiger partial charge in [0.2, 0.25) is 17.8 Å². The first kappa shape index (κ1) is 20.7. The molecule has 4 rings (SSSR count). The Morgan fingerprint density at radius 3 is 2.77 bits per heavy atom. The number of amides is 4. The predicted octanol–water partition coefficient (Wildman–Crippen LogP) is 1.08. The number of fused-ring (bicyclic) bond motifs is 1. The van der Waals surface area contributed by atoms with Crippen molar-refractivity contribution in [1.82, 2.24) is 20.2 Å². The summed E-state index contributed by atoms with van der Waals surface area (Å²) in [7, 11) is 1.79. The van der Waals surface area contributed by atoms with Crippen LogP contribution in [0.1, 0.15) is 33.6 Å². The molecule has 4 amide bonds. The van der Waals surface area contributed by atoms with Crippen LogP contribution in [0, 0.1) is 0 Å². The fraction of sp³-hybridized carbons (Fsp3) is 0.300. The lowest BCUT2D eigenvalue weighted by Crippen LogP contribution is -2.54. The van der Waals surface area contributed by atoms with E-state index in [1.165, 1.54) is 0 Å². The van der Waals surface area contributed by atoms with E-state index in [1.54, 1.807) is 37.5 Å². The van der Waals surface area contributed by atoms with E-state index in [2.05, 4.69) is 20.6 Å². The van der Waals surface area contributed by atoms with Crippen LogP contribution >= 0.6 is 11.6 Å². The van der Waals surface area contributed by atoms with Crippen LogP contribution < -0.4 is 15.5 Å². The highest BCUT2D eigenvalue weighted by Crippen LogP contribution is 2.33. The minimum absolute atomic E-state index is 0.0772. The number of nitrogens with zero attached hydrogens (tertiary/aromatic N) is 4. The molecule has 1 aromatic carbocycles. The molecule has 1 atom stereocenters. The molecule has 1 saturated heterocycles. The quantitative estimate of drug-likeness (QED) is 0.503. The van der Waals surface area contributed by atoms with Gasteiger partial charge in [0, 0.05) is 32.8 Å². The third-order valence-electron chi connectivity index (χ3n) is 5.21. The number of rotatable bonds is 6. The number of likely N-dealkylation sites (N-methyl/N-ethyl adjacent to an activating group) is 1. The number of imide groups is 2. The summed E-state index contributed by atoms with van der Waals surface area (Å²) in [5.74, 6) is -1.73. The first-order valence-corrected chi connectivity index (χ1v) is 10.0. The Kier molecular flexibility index (Phi) is 5.55. The van der Waals surface area contributed by atoms with Crippen molar-refractivity contribution in [3.8, 4) is 0 Å². The van der Waals surface area contributed by atoms with Crippen LogP contribution in [0.2, 0.25) is 5.15 Å². The van der Waals surface area contributed by atoms with Gasteiger partial charge in [0.25, 0.3) is 11.8 Å². The highest BCUT2D eigenvalue weighted by atomic mass is 35.5. The van der Waals surface area contributed by atoms with Gasteiger partial charge in [-0.25, -0.2) is 9.97 Å². The average Bonchev–Trinajstić information content (AvgIpc) is 2.99.